The Morgan fingerprint density at radius 1 is 1.15 bits per heavy atom. The average molecular weight is 674 g/mol. The van der Waals surface area contributed by atoms with Crippen molar-refractivity contribution in [2.24, 2.45) is 0 Å². The minimum Gasteiger partial charge on any atom is -0.491 e. The number of morpholine rings is 1. The molecule has 3 aromatic heterocycles. The molecule has 0 aliphatic carbocycles. The molecule has 47 heavy (non-hydrogen) atoms. The molecule has 1 aliphatic rings. The number of ether oxygens (including phenoxy) is 2. The van der Waals surface area contributed by atoms with Crippen LogP contribution >= 0.6 is 22.7 Å². The first-order valence-corrected chi connectivity index (χ1v) is 16.6. The number of carboxylic acid groups (broad SMARTS) is 1. The molecule has 0 spiro atoms. The molecule has 14 heteroatoms. The minimum atomic E-state index is -1.12. The summed E-state index contributed by atoms with van der Waals surface area (Å²) in [4.78, 5) is 25.5. The quantitative estimate of drug-likeness (QED) is 0.129. The van der Waals surface area contributed by atoms with Gasteiger partial charge >= 0.3 is 5.97 Å². The van der Waals surface area contributed by atoms with Crippen molar-refractivity contribution >= 4 is 60.8 Å². The van der Waals surface area contributed by atoms with E-state index in [9.17, 15) is 14.3 Å². The molecule has 4 heterocycles. The molecule has 11 nitrogen and oxygen atoms in total. The zero-order valence-corrected chi connectivity index (χ0v) is 27.5. The number of thiazole rings is 2. The van der Waals surface area contributed by atoms with Crippen LogP contribution in [0.3, 0.4) is 0 Å². The number of halogens is 1. The van der Waals surface area contributed by atoms with E-state index in [1.807, 2.05) is 37.3 Å². The molecule has 2 aromatic carbocycles. The summed E-state index contributed by atoms with van der Waals surface area (Å²) < 4.78 is 26.8. The molecule has 1 saturated heterocycles. The number of nitrogens with zero attached hydrogens (tertiary/aromatic N) is 6. The Hall–Kier alpha value is -4.68. The Morgan fingerprint density at radius 2 is 1.98 bits per heavy atom. The Labute approximate surface area is 279 Å². The van der Waals surface area contributed by atoms with Crippen LogP contribution in [-0.2, 0) is 11.2 Å². The maximum Gasteiger partial charge on any atom is 0.355 e. The Kier molecular flexibility index (Phi) is 10.2. The van der Waals surface area contributed by atoms with E-state index in [1.165, 1.54) is 28.7 Å². The lowest BCUT2D eigenvalue weighted by molar-refractivity contribution is 0.0443. The van der Waals surface area contributed by atoms with Gasteiger partial charge in [-0.15, -0.1) is 21.5 Å². The molecule has 0 unspecified atom stereocenters. The second-order valence-electron chi connectivity index (χ2n) is 10.8. The lowest BCUT2D eigenvalue weighted by atomic mass is 10.2. The van der Waals surface area contributed by atoms with Crippen LogP contribution in [0, 0.1) is 24.6 Å². The molecular formula is C33H32FN7O4S2. The maximum atomic E-state index is 14.7. The normalized spacial score (nSPS) is 13.3. The third-order valence-electron chi connectivity index (χ3n) is 7.39. The van der Waals surface area contributed by atoms with Crippen LogP contribution in [0.15, 0.2) is 48.5 Å². The van der Waals surface area contributed by atoms with Crippen LogP contribution in [0.2, 0.25) is 0 Å². The van der Waals surface area contributed by atoms with Crippen molar-refractivity contribution in [1.29, 1.82) is 0 Å². The van der Waals surface area contributed by atoms with E-state index in [0.29, 0.717) is 64.9 Å². The van der Waals surface area contributed by atoms with Gasteiger partial charge in [-0.3, -0.25) is 4.90 Å². The third-order valence-corrected chi connectivity index (χ3v) is 9.53. The van der Waals surface area contributed by atoms with E-state index in [4.69, 9.17) is 9.47 Å². The van der Waals surface area contributed by atoms with Gasteiger partial charge in [-0.1, -0.05) is 35.3 Å². The van der Waals surface area contributed by atoms with Crippen molar-refractivity contribution in [2.75, 3.05) is 56.7 Å². The van der Waals surface area contributed by atoms with Crippen LogP contribution in [0.5, 0.6) is 5.75 Å². The number of aromatic carboxylic acids is 1. The second kappa shape index (κ2) is 14.8. The molecule has 1 aliphatic heterocycles. The fourth-order valence-corrected chi connectivity index (χ4v) is 6.75. The molecule has 0 atom stereocenters. The van der Waals surface area contributed by atoms with Crippen molar-refractivity contribution in [3.63, 3.8) is 0 Å². The largest absolute Gasteiger partial charge is 0.491 e. The summed E-state index contributed by atoms with van der Waals surface area (Å²) >= 11 is 2.79. The number of hydrogen-bond acceptors (Lipinski definition) is 12. The van der Waals surface area contributed by atoms with E-state index in [-0.39, 0.29) is 18.1 Å². The maximum absolute atomic E-state index is 14.7. The molecular weight excluding hydrogens is 642 g/mol. The summed E-state index contributed by atoms with van der Waals surface area (Å²) in [7, 11) is 1.76. The number of benzene rings is 2. The first-order valence-electron chi connectivity index (χ1n) is 15.0. The number of rotatable bonds is 11. The molecule has 0 bridgehead atoms. The van der Waals surface area contributed by atoms with Gasteiger partial charge in [-0.2, -0.15) is 0 Å². The van der Waals surface area contributed by atoms with Crippen LogP contribution in [0.1, 0.15) is 32.9 Å². The SMILES string of the molecule is Cc1cc(N(C)c2nc(C(=O)O)c(CCCOc3ccc(C#CCN4CCOCC4)cc3F)s2)nnc1Nc1nc2ccccc2s1. The van der Waals surface area contributed by atoms with Crippen LogP contribution in [0.4, 0.5) is 26.3 Å². The average Bonchev–Trinajstić information content (AvgIpc) is 3.69. The fraction of sp³-hybridized carbons (Fsp3) is 0.303. The summed E-state index contributed by atoms with van der Waals surface area (Å²) in [6, 6.07) is 14.4. The van der Waals surface area contributed by atoms with Gasteiger partial charge < -0.3 is 24.8 Å². The lowest BCUT2D eigenvalue weighted by Gasteiger charge is -2.24. The van der Waals surface area contributed by atoms with Gasteiger partial charge in [0, 0.05) is 30.6 Å². The summed E-state index contributed by atoms with van der Waals surface area (Å²) in [5, 5.41) is 22.9. The number of para-hydroxylation sites is 1. The molecule has 0 radical (unpaired) electrons. The molecule has 6 rings (SSSR count). The van der Waals surface area contributed by atoms with Crippen LogP contribution < -0.4 is 15.0 Å². The predicted octanol–water partition coefficient (Wildman–Crippen LogP) is 5.90. The number of anilines is 4. The van der Waals surface area contributed by atoms with E-state index < -0.39 is 11.8 Å². The van der Waals surface area contributed by atoms with Crippen molar-refractivity contribution in [2.45, 2.75) is 19.8 Å². The molecule has 242 valence electrons. The molecule has 2 N–H and O–H groups in total. The summed E-state index contributed by atoms with van der Waals surface area (Å²) in [6.07, 6.45) is 0.868. The van der Waals surface area contributed by atoms with Crippen molar-refractivity contribution in [3.8, 4) is 17.6 Å². The van der Waals surface area contributed by atoms with E-state index in [1.54, 1.807) is 24.1 Å². The first kappa shape index (κ1) is 32.3. The highest BCUT2D eigenvalue weighted by atomic mass is 32.1. The molecule has 1 fully saturated rings. The number of carboxylic acids is 1. The van der Waals surface area contributed by atoms with E-state index in [2.05, 4.69) is 42.2 Å². The zero-order valence-electron chi connectivity index (χ0n) is 25.8. The smallest absolute Gasteiger partial charge is 0.355 e. The van der Waals surface area contributed by atoms with Crippen molar-refractivity contribution in [3.05, 3.63) is 76.0 Å². The summed E-state index contributed by atoms with van der Waals surface area (Å²) in [5.41, 5.74) is 2.30. The highest BCUT2D eigenvalue weighted by molar-refractivity contribution is 7.22. The third kappa shape index (κ3) is 8.01. The Bertz CT molecular complexity index is 1920. The van der Waals surface area contributed by atoms with Gasteiger partial charge in [0.05, 0.1) is 36.6 Å². The van der Waals surface area contributed by atoms with E-state index in [0.717, 1.165) is 28.9 Å². The lowest BCUT2D eigenvalue weighted by Crippen LogP contribution is -2.36. The van der Waals surface area contributed by atoms with Crippen LogP contribution in [-0.4, -0.2) is 82.6 Å². The van der Waals surface area contributed by atoms with Crippen LogP contribution in [0.25, 0.3) is 10.2 Å². The summed E-state index contributed by atoms with van der Waals surface area (Å²) in [6.45, 7) is 5.82. The van der Waals surface area contributed by atoms with Gasteiger partial charge in [0.25, 0.3) is 0 Å². The highest BCUT2D eigenvalue weighted by Gasteiger charge is 2.21. The Balaban J connectivity index is 1.04. The number of carbonyl (C=O) groups is 1. The summed E-state index contributed by atoms with van der Waals surface area (Å²) in [5.74, 6) is 5.70. The predicted molar refractivity (Wildman–Crippen MR) is 181 cm³/mol. The fourth-order valence-electron chi connectivity index (χ4n) is 4.83. The van der Waals surface area contributed by atoms with Crippen molar-refractivity contribution in [1.82, 2.24) is 25.1 Å². The number of fused-ring (bicyclic) bond motifs is 1. The molecule has 5 aromatic rings. The number of aryl methyl sites for hydroxylation is 2. The second-order valence-corrected chi connectivity index (χ2v) is 12.9. The topological polar surface area (TPSA) is 126 Å². The highest BCUT2D eigenvalue weighted by Crippen LogP contribution is 2.33. The number of hydrogen-bond donors (Lipinski definition) is 2. The monoisotopic (exact) mass is 673 g/mol. The van der Waals surface area contributed by atoms with E-state index >= 15 is 0 Å². The minimum absolute atomic E-state index is 0.0261. The first-order chi connectivity index (χ1) is 22.8. The van der Waals surface area contributed by atoms with Crippen molar-refractivity contribution < 1.29 is 23.8 Å². The molecule has 0 saturated carbocycles. The van der Waals surface area contributed by atoms with Gasteiger partial charge in [0.2, 0.25) is 0 Å². The van der Waals surface area contributed by atoms with Gasteiger partial charge in [-0.25, -0.2) is 19.2 Å². The molecule has 0 amide bonds. The Morgan fingerprint density at radius 3 is 2.74 bits per heavy atom. The van der Waals surface area contributed by atoms with Gasteiger partial charge in [0.1, 0.15) is 0 Å². The van der Waals surface area contributed by atoms with Gasteiger partial charge in [0.15, 0.2) is 39.2 Å². The zero-order chi connectivity index (χ0) is 32.8. The number of aromatic nitrogens is 4. The number of nitrogens with one attached hydrogen (secondary N) is 1. The standard InChI is InChI=1S/C33H32FN7O4S2/c1-21-19-28(38-39-30(21)37-32-35-24-8-3-4-9-26(24)46-32)40(2)33-36-29(31(42)43)27(47-33)10-6-16-45-25-12-11-22(20-23(25)34)7-5-13-41-14-17-44-18-15-41/h3-4,8-9,11-12,19-20H,6,10,13-18H2,1-2H3,(H,42,43)(H,35,37,39). The van der Waals surface area contributed by atoms with Gasteiger partial charge in [-0.05, 0) is 61.7 Å².